The smallest absolute Gasteiger partial charge is 0.418 e. The molecule has 0 saturated carbocycles. The molecule has 0 aromatic heterocycles. The first-order valence-electron chi connectivity index (χ1n) is 4.92. The molecule has 110 valence electrons. The van der Waals surface area contributed by atoms with Gasteiger partial charge in [-0.15, -0.1) is 0 Å². The summed E-state index contributed by atoms with van der Waals surface area (Å²) in [5.74, 6) is -1.51. The molecule has 1 aromatic rings. The molecule has 20 heavy (non-hydrogen) atoms. The molecular weight excluding hydrogens is 292 g/mol. The van der Waals surface area contributed by atoms with Gasteiger partial charge in [-0.25, -0.2) is 4.79 Å². The normalized spacial score (nSPS) is 12.9. The van der Waals surface area contributed by atoms with Crippen molar-refractivity contribution >= 4 is 17.7 Å². The van der Waals surface area contributed by atoms with Gasteiger partial charge in [0.2, 0.25) is 0 Å². The van der Waals surface area contributed by atoms with Crippen molar-refractivity contribution < 1.29 is 36.2 Å². The lowest BCUT2D eigenvalue weighted by atomic mass is 10.0. The highest BCUT2D eigenvalue weighted by molar-refractivity contribution is 5.85. The zero-order valence-electron chi connectivity index (χ0n) is 9.51. The van der Waals surface area contributed by atoms with Crippen LogP contribution in [0.15, 0.2) is 18.2 Å². The molecule has 0 aliphatic heterocycles. The lowest BCUT2D eigenvalue weighted by molar-refractivity contribution is -0.141. The molecule has 1 aromatic carbocycles. The van der Waals surface area contributed by atoms with E-state index >= 15 is 0 Å². The maximum absolute atomic E-state index is 12.6. The summed E-state index contributed by atoms with van der Waals surface area (Å²) in [5, 5.41) is 8.33. The second-order valence-electron chi connectivity index (χ2n) is 3.70. The molecule has 0 amide bonds. The molecule has 0 radical (unpaired) electrons. The summed E-state index contributed by atoms with van der Waals surface area (Å²) in [6.45, 7) is 0. The number of hydrogen-bond donors (Lipinski definition) is 2. The summed E-state index contributed by atoms with van der Waals surface area (Å²) in [7, 11) is 0. The van der Waals surface area contributed by atoms with Crippen LogP contribution < -0.4 is 5.73 Å². The number of rotatable bonds is 2. The number of carboxylic acid groups (broad SMARTS) is 1. The Morgan fingerprint density at radius 3 is 1.75 bits per heavy atom. The minimum atomic E-state index is -5.09. The van der Waals surface area contributed by atoms with E-state index in [0.717, 1.165) is 0 Å². The average Bonchev–Trinajstić information content (AvgIpc) is 2.24. The fourth-order valence-electron chi connectivity index (χ4n) is 1.41. The number of carbonyl (C=O) groups is 1. The van der Waals surface area contributed by atoms with Crippen molar-refractivity contribution in [3.63, 3.8) is 0 Å². The Morgan fingerprint density at radius 2 is 1.45 bits per heavy atom. The van der Waals surface area contributed by atoms with E-state index in [0.29, 0.717) is 24.3 Å². The summed E-state index contributed by atoms with van der Waals surface area (Å²) in [6.07, 6.45) is -9.13. The van der Waals surface area contributed by atoms with Gasteiger partial charge in [-0.05, 0) is 23.8 Å². The van der Waals surface area contributed by atoms with Gasteiger partial charge < -0.3 is 10.8 Å². The number of halogens is 6. The number of alkyl halides is 6. The molecule has 0 unspecified atom stereocenters. The first-order chi connectivity index (χ1) is 8.93. The predicted octanol–water partition coefficient (Wildman–Crippen LogP) is 3.40. The van der Waals surface area contributed by atoms with Crippen LogP contribution in [0.4, 0.5) is 32.0 Å². The van der Waals surface area contributed by atoms with E-state index in [2.05, 4.69) is 0 Å². The molecule has 0 heterocycles. The average molecular weight is 299 g/mol. The highest BCUT2D eigenvalue weighted by Gasteiger charge is 2.40. The standard InChI is InChI=1S/C11H7F6NO2/c12-10(13,14)6-3-5(1-2-8(19)20)4-7(9(6)18)11(15,16)17/h1-4H,18H2,(H,19,20)/b2-1+. The second kappa shape index (κ2) is 5.06. The van der Waals surface area contributed by atoms with Gasteiger partial charge in [-0.1, -0.05) is 0 Å². The first-order valence-corrected chi connectivity index (χ1v) is 4.92. The number of nitrogen functional groups attached to an aromatic ring is 1. The third-order valence-electron chi connectivity index (χ3n) is 2.23. The van der Waals surface area contributed by atoms with Crippen LogP contribution in [0.3, 0.4) is 0 Å². The molecule has 0 bridgehead atoms. The molecule has 1 rings (SSSR count). The summed E-state index contributed by atoms with van der Waals surface area (Å²) in [5.41, 5.74) is -0.453. The minimum absolute atomic E-state index is 0.351. The Hall–Kier alpha value is -2.19. The lowest BCUT2D eigenvalue weighted by Gasteiger charge is -2.16. The Labute approximate surface area is 108 Å². The molecule has 0 aliphatic rings. The van der Waals surface area contributed by atoms with Gasteiger partial charge in [-0.2, -0.15) is 26.3 Å². The molecule has 0 atom stereocenters. The van der Waals surface area contributed by atoms with E-state index in [-0.39, 0.29) is 0 Å². The number of anilines is 1. The van der Waals surface area contributed by atoms with Crippen LogP contribution in [0.2, 0.25) is 0 Å². The van der Waals surface area contributed by atoms with Gasteiger partial charge in [0.15, 0.2) is 0 Å². The summed E-state index contributed by atoms with van der Waals surface area (Å²) < 4.78 is 75.6. The van der Waals surface area contributed by atoms with Crippen molar-refractivity contribution in [3.8, 4) is 0 Å². The second-order valence-corrected chi connectivity index (χ2v) is 3.70. The Morgan fingerprint density at radius 1 is 1.05 bits per heavy atom. The van der Waals surface area contributed by atoms with Crippen LogP contribution in [0.1, 0.15) is 16.7 Å². The molecular formula is C11H7F6NO2. The lowest BCUT2D eigenvalue weighted by Crippen LogP contribution is -2.16. The topological polar surface area (TPSA) is 63.3 Å². The maximum atomic E-state index is 12.6. The highest BCUT2D eigenvalue weighted by atomic mass is 19.4. The van der Waals surface area contributed by atoms with Crippen LogP contribution in [0.25, 0.3) is 6.08 Å². The third-order valence-corrected chi connectivity index (χ3v) is 2.23. The van der Waals surface area contributed by atoms with E-state index in [1.165, 1.54) is 0 Å². The van der Waals surface area contributed by atoms with Gasteiger partial charge >= 0.3 is 18.3 Å². The SMILES string of the molecule is Nc1c(C(F)(F)F)cc(/C=C/C(=O)O)cc1C(F)(F)F. The van der Waals surface area contributed by atoms with Crippen molar-refractivity contribution in [2.75, 3.05) is 5.73 Å². The zero-order chi connectivity index (χ0) is 15.7. The molecule has 9 heteroatoms. The van der Waals surface area contributed by atoms with Crippen molar-refractivity contribution in [2.24, 2.45) is 0 Å². The van der Waals surface area contributed by atoms with Gasteiger partial charge in [-0.3, -0.25) is 0 Å². The Bertz CT molecular complexity index is 524. The number of hydrogen-bond acceptors (Lipinski definition) is 2. The summed E-state index contributed by atoms with van der Waals surface area (Å²) in [6, 6.07) is 0.702. The van der Waals surface area contributed by atoms with Crippen molar-refractivity contribution in [1.29, 1.82) is 0 Å². The van der Waals surface area contributed by atoms with E-state index < -0.39 is 40.7 Å². The van der Waals surface area contributed by atoms with E-state index in [1.54, 1.807) is 0 Å². The number of nitrogens with two attached hydrogens (primary N) is 1. The fraction of sp³-hybridized carbons (Fsp3) is 0.182. The summed E-state index contributed by atoms with van der Waals surface area (Å²) in [4.78, 5) is 10.2. The molecule has 0 spiro atoms. The van der Waals surface area contributed by atoms with Gasteiger partial charge in [0.1, 0.15) is 0 Å². The van der Waals surface area contributed by atoms with Crippen LogP contribution in [-0.4, -0.2) is 11.1 Å². The summed E-state index contributed by atoms with van der Waals surface area (Å²) >= 11 is 0. The monoisotopic (exact) mass is 299 g/mol. The van der Waals surface area contributed by atoms with Gasteiger partial charge in [0, 0.05) is 6.08 Å². The molecule has 0 fully saturated rings. The fourth-order valence-corrected chi connectivity index (χ4v) is 1.41. The van der Waals surface area contributed by atoms with Crippen LogP contribution in [0.5, 0.6) is 0 Å². The van der Waals surface area contributed by atoms with Crippen molar-refractivity contribution in [2.45, 2.75) is 12.4 Å². The largest absolute Gasteiger partial charge is 0.478 e. The molecule has 0 aliphatic carbocycles. The number of aliphatic carboxylic acids is 1. The zero-order valence-corrected chi connectivity index (χ0v) is 9.51. The number of benzene rings is 1. The van der Waals surface area contributed by atoms with Gasteiger partial charge in [0.05, 0.1) is 16.8 Å². The molecule has 3 nitrogen and oxygen atoms in total. The predicted molar refractivity (Wildman–Crippen MR) is 57.5 cm³/mol. The Balaban J connectivity index is 3.54. The van der Waals surface area contributed by atoms with Crippen LogP contribution in [0, 0.1) is 0 Å². The van der Waals surface area contributed by atoms with E-state index in [4.69, 9.17) is 10.8 Å². The first kappa shape index (κ1) is 15.9. The molecule has 3 N–H and O–H groups in total. The van der Waals surface area contributed by atoms with E-state index in [1.807, 2.05) is 0 Å². The van der Waals surface area contributed by atoms with Crippen molar-refractivity contribution in [3.05, 3.63) is 34.9 Å². The quantitative estimate of drug-likeness (QED) is 0.500. The molecule has 0 saturated heterocycles. The van der Waals surface area contributed by atoms with E-state index in [9.17, 15) is 31.1 Å². The Kier molecular flexibility index (Phi) is 4.02. The number of carboxylic acids is 1. The van der Waals surface area contributed by atoms with Crippen LogP contribution >= 0.6 is 0 Å². The van der Waals surface area contributed by atoms with Crippen molar-refractivity contribution in [1.82, 2.24) is 0 Å². The highest BCUT2D eigenvalue weighted by Crippen LogP contribution is 2.42. The maximum Gasteiger partial charge on any atom is 0.418 e. The third kappa shape index (κ3) is 3.65. The van der Waals surface area contributed by atoms with Gasteiger partial charge in [0.25, 0.3) is 0 Å². The minimum Gasteiger partial charge on any atom is -0.478 e. The van der Waals surface area contributed by atoms with Crippen LogP contribution in [-0.2, 0) is 17.1 Å².